The smallest absolute Gasteiger partial charge is 0.308 e. The van der Waals surface area contributed by atoms with E-state index in [9.17, 15) is 9.59 Å². The lowest BCUT2D eigenvalue weighted by Gasteiger charge is -2.27. The van der Waals surface area contributed by atoms with Gasteiger partial charge in [0.2, 0.25) is 0 Å². The van der Waals surface area contributed by atoms with Crippen LogP contribution < -0.4 is 9.47 Å². The number of Topliss-reactive ketones (excluding diaryl/α,β-unsaturated/α-hetero) is 1. The number of carbonyl (C=O) groups is 2. The van der Waals surface area contributed by atoms with Crippen LogP contribution in [0.1, 0.15) is 35.4 Å². The molecule has 0 fully saturated rings. The highest BCUT2D eigenvalue weighted by molar-refractivity contribution is 14.1. The molecular formula is C17H13IO4. The number of benzene rings is 2. The van der Waals surface area contributed by atoms with Gasteiger partial charge in [0, 0.05) is 6.92 Å². The summed E-state index contributed by atoms with van der Waals surface area (Å²) >= 11 is 2.04. The molecule has 0 radical (unpaired) electrons. The first-order chi connectivity index (χ1) is 10.6. The molecule has 1 aliphatic heterocycles. The predicted molar refractivity (Wildman–Crippen MR) is 89.2 cm³/mol. The highest BCUT2D eigenvalue weighted by Gasteiger charge is 2.30. The fraction of sp³-hybridized carbons (Fsp3) is 0.176. The fourth-order valence-electron chi connectivity index (χ4n) is 2.42. The molecule has 4 nitrogen and oxygen atoms in total. The van der Waals surface area contributed by atoms with Gasteiger partial charge < -0.3 is 9.47 Å². The second-order valence-corrected chi connectivity index (χ2v) is 6.07. The van der Waals surface area contributed by atoms with Gasteiger partial charge in [0.05, 0.1) is 15.6 Å². The highest BCUT2D eigenvalue weighted by atomic mass is 127. The Kier molecular flexibility index (Phi) is 4.15. The van der Waals surface area contributed by atoms with E-state index in [0.717, 1.165) is 5.56 Å². The van der Waals surface area contributed by atoms with Gasteiger partial charge in [-0.1, -0.05) is 30.3 Å². The number of fused-ring (bicyclic) bond motifs is 1. The molecule has 0 saturated heterocycles. The molecule has 1 atom stereocenters. The van der Waals surface area contributed by atoms with E-state index in [1.807, 2.05) is 52.9 Å². The zero-order valence-corrected chi connectivity index (χ0v) is 14.0. The molecule has 0 aliphatic carbocycles. The van der Waals surface area contributed by atoms with E-state index < -0.39 is 5.97 Å². The summed E-state index contributed by atoms with van der Waals surface area (Å²) in [4.78, 5) is 23.5. The average molecular weight is 408 g/mol. The van der Waals surface area contributed by atoms with Gasteiger partial charge in [-0.05, 0) is 40.3 Å². The summed E-state index contributed by atoms with van der Waals surface area (Å²) in [5, 5.41) is 0. The molecule has 3 rings (SSSR count). The number of rotatable bonds is 2. The molecule has 0 N–H and O–H groups in total. The zero-order valence-electron chi connectivity index (χ0n) is 11.8. The summed E-state index contributed by atoms with van der Waals surface area (Å²) in [6.07, 6.45) is -0.0118. The van der Waals surface area contributed by atoms with Gasteiger partial charge >= 0.3 is 5.97 Å². The number of halogens is 1. The fourth-order valence-corrected chi connectivity index (χ4v) is 3.13. The summed E-state index contributed by atoms with van der Waals surface area (Å²) in [5.41, 5.74) is 1.49. The van der Waals surface area contributed by atoms with Crippen molar-refractivity contribution in [2.24, 2.45) is 0 Å². The molecule has 112 valence electrons. The Hall–Kier alpha value is -1.89. The monoisotopic (exact) mass is 408 g/mol. The summed E-state index contributed by atoms with van der Waals surface area (Å²) < 4.78 is 11.8. The second-order valence-electron chi connectivity index (χ2n) is 4.99. The standard InChI is InChI=1S/C17H13IO4/c1-10(19)21-14-8-7-12-13(20)9-15(22-17(12)16(14)18)11-5-3-2-4-6-11/h2-8,15H,9H2,1H3. The van der Waals surface area contributed by atoms with Crippen LogP contribution in [-0.2, 0) is 4.79 Å². The van der Waals surface area contributed by atoms with E-state index in [2.05, 4.69) is 0 Å². The Bertz CT molecular complexity index is 740. The van der Waals surface area contributed by atoms with E-state index in [1.54, 1.807) is 12.1 Å². The maximum Gasteiger partial charge on any atom is 0.308 e. The van der Waals surface area contributed by atoms with Crippen LogP contribution in [-0.4, -0.2) is 11.8 Å². The third kappa shape index (κ3) is 2.85. The predicted octanol–water partition coefficient (Wildman–Crippen LogP) is 3.92. The third-order valence-corrected chi connectivity index (χ3v) is 4.44. The topological polar surface area (TPSA) is 52.6 Å². The first-order valence-corrected chi connectivity index (χ1v) is 7.90. The quantitative estimate of drug-likeness (QED) is 0.430. The molecule has 1 aliphatic rings. The largest absolute Gasteiger partial charge is 0.483 e. The van der Waals surface area contributed by atoms with E-state index in [0.29, 0.717) is 27.1 Å². The van der Waals surface area contributed by atoms with Crippen molar-refractivity contribution in [1.82, 2.24) is 0 Å². The number of hydrogen-bond acceptors (Lipinski definition) is 4. The van der Waals surface area contributed by atoms with Gasteiger partial charge in [0.15, 0.2) is 5.78 Å². The van der Waals surface area contributed by atoms with Crippen molar-refractivity contribution < 1.29 is 19.1 Å². The van der Waals surface area contributed by atoms with Crippen LogP contribution >= 0.6 is 22.6 Å². The van der Waals surface area contributed by atoms with Crippen molar-refractivity contribution >= 4 is 34.3 Å². The van der Waals surface area contributed by atoms with Gasteiger partial charge in [-0.3, -0.25) is 9.59 Å². The molecule has 1 unspecified atom stereocenters. The highest BCUT2D eigenvalue weighted by Crippen LogP contribution is 2.41. The van der Waals surface area contributed by atoms with Crippen molar-refractivity contribution in [3.63, 3.8) is 0 Å². The lowest BCUT2D eigenvalue weighted by Crippen LogP contribution is -2.21. The molecule has 22 heavy (non-hydrogen) atoms. The Morgan fingerprint density at radius 1 is 1.23 bits per heavy atom. The van der Waals surface area contributed by atoms with Crippen LogP contribution in [0.2, 0.25) is 0 Å². The molecule has 2 aromatic carbocycles. The van der Waals surface area contributed by atoms with Crippen LogP contribution in [0.15, 0.2) is 42.5 Å². The Labute approximate surface area is 141 Å². The molecule has 2 aromatic rings. The zero-order chi connectivity index (χ0) is 15.7. The van der Waals surface area contributed by atoms with Gasteiger partial charge in [0.25, 0.3) is 0 Å². The minimum atomic E-state index is -0.403. The summed E-state index contributed by atoms with van der Waals surface area (Å²) in [6, 6.07) is 12.9. The molecule has 0 bridgehead atoms. The van der Waals surface area contributed by atoms with Gasteiger partial charge in [0.1, 0.15) is 17.6 Å². The minimum Gasteiger partial charge on any atom is -0.483 e. The van der Waals surface area contributed by atoms with Crippen LogP contribution in [0.4, 0.5) is 0 Å². The van der Waals surface area contributed by atoms with Gasteiger partial charge in [-0.25, -0.2) is 0 Å². The summed E-state index contributed by atoms with van der Waals surface area (Å²) in [7, 11) is 0. The molecule has 0 aromatic heterocycles. The first-order valence-electron chi connectivity index (χ1n) is 6.82. The number of ketones is 1. The number of carbonyl (C=O) groups excluding carboxylic acids is 2. The van der Waals surface area contributed by atoms with Gasteiger partial charge in [-0.15, -0.1) is 0 Å². The van der Waals surface area contributed by atoms with Crippen molar-refractivity contribution in [3.05, 3.63) is 57.2 Å². The number of ether oxygens (including phenoxy) is 2. The Balaban J connectivity index is 2.00. The van der Waals surface area contributed by atoms with E-state index in [4.69, 9.17) is 9.47 Å². The normalized spacial score (nSPS) is 16.6. The molecule has 0 amide bonds. The van der Waals surface area contributed by atoms with E-state index in [1.165, 1.54) is 6.92 Å². The van der Waals surface area contributed by atoms with Crippen molar-refractivity contribution in [2.75, 3.05) is 0 Å². The minimum absolute atomic E-state index is 0.0300. The molecule has 1 heterocycles. The van der Waals surface area contributed by atoms with Crippen LogP contribution in [0.5, 0.6) is 11.5 Å². The average Bonchev–Trinajstić information content (AvgIpc) is 2.51. The number of hydrogen-bond donors (Lipinski definition) is 0. The third-order valence-electron chi connectivity index (χ3n) is 3.42. The molecule has 0 saturated carbocycles. The summed E-state index contributed by atoms with van der Waals surface area (Å²) in [6.45, 7) is 1.34. The van der Waals surface area contributed by atoms with Crippen molar-refractivity contribution in [1.29, 1.82) is 0 Å². The van der Waals surface area contributed by atoms with E-state index in [-0.39, 0.29) is 11.9 Å². The Morgan fingerprint density at radius 2 is 1.95 bits per heavy atom. The van der Waals surface area contributed by atoms with E-state index >= 15 is 0 Å². The summed E-state index contributed by atoms with van der Waals surface area (Å²) in [5.74, 6) is 0.528. The first kappa shape index (κ1) is 15.0. The van der Waals surface area contributed by atoms with Crippen LogP contribution in [0.3, 0.4) is 0 Å². The Morgan fingerprint density at radius 3 is 2.64 bits per heavy atom. The second kappa shape index (κ2) is 6.08. The van der Waals surface area contributed by atoms with Crippen LogP contribution in [0, 0.1) is 3.57 Å². The van der Waals surface area contributed by atoms with Crippen molar-refractivity contribution in [3.8, 4) is 11.5 Å². The van der Waals surface area contributed by atoms with Gasteiger partial charge in [-0.2, -0.15) is 0 Å². The molecular weight excluding hydrogens is 395 g/mol. The molecule has 0 spiro atoms. The van der Waals surface area contributed by atoms with Crippen molar-refractivity contribution in [2.45, 2.75) is 19.4 Å². The lowest BCUT2D eigenvalue weighted by atomic mass is 9.96. The molecule has 5 heteroatoms. The SMILES string of the molecule is CC(=O)Oc1ccc2c(c1I)OC(c1ccccc1)CC2=O. The lowest BCUT2D eigenvalue weighted by molar-refractivity contribution is -0.131. The van der Waals surface area contributed by atoms with Crippen LogP contribution in [0.25, 0.3) is 0 Å². The maximum absolute atomic E-state index is 12.4. The number of esters is 1. The maximum atomic E-state index is 12.4.